The van der Waals surface area contributed by atoms with Crippen LogP contribution in [0.5, 0.6) is 0 Å². The molecule has 1 aromatic heterocycles. The number of hydrogen-bond donors (Lipinski definition) is 3. The lowest BCUT2D eigenvalue weighted by Crippen LogP contribution is -2.28. The zero-order valence-corrected chi connectivity index (χ0v) is 19.7. The van der Waals surface area contributed by atoms with Crippen molar-refractivity contribution < 1.29 is 24.9 Å². The van der Waals surface area contributed by atoms with Crippen LogP contribution in [0.2, 0.25) is 0 Å². The molecule has 0 saturated carbocycles. The molecule has 0 amide bonds. The van der Waals surface area contributed by atoms with E-state index in [1.165, 1.54) is 4.70 Å². The Balaban J connectivity index is 1.78. The highest BCUT2D eigenvalue weighted by Gasteiger charge is 2.26. The van der Waals surface area contributed by atoms with Crippen LogP contribution in [0.4, 0.5) is 0 Å². The SMILES string of the molecule is CCOC(=O)CCCCCCC(C(C)O)C(CO)CCC(O)c1cc2ccccc2s1. The van der Waals surface area contributed by atoms with Crippen LogP contribution in [0.15, 0.2) is 30.3 Å². The third kappa shape index (κ3) is 8.53. The molecule has 5 nitrogen and oxygen atoms in total. The summed E-state index contributed by atoms with van der Waals surface area (Å²) in [4.78, 5) is 12.3. The summed E-state index contributed by atoms with van der Waals surface area (Å²) in [5.41, 5.74) is 0. The van der Waals surface area contributed by atoms with Gasteiger partial charge in [-0.05, 0) is 68.9 Å². The van der Waals surface area contributed by atoms with Crippen LogP contribution < -0.4 is 0 Å². The van der Waals surface area contributed by atoms with Gasteiger partial charge in [0, 0.05) is 22.6 Å². The summed E-state index contributed by atoms with van der Waals surface area (Å²) in [5, 5.41) is 32.1. The zero-order valence-electron chi connectivity index (χ0n) is 18.8. The largest absolute Gasteiger partial charge is 0.466 e. The number of benzene rings is 1. The predicted octanol–water partition coefficient (Wildman–Crippen LogP) is 5.22. The maximum atomic E-state index is 11.4. The zero-order chi connectivity index (χ0) is 22.6. The number of aliphatic hydroxyl groups excluding tert-OH is 3. The Morgan fingerprint density at radius 1 is 1.06 bits per heavy atom. The van der Waals surface area contributed by atoms with Crippen LogP contribution in [0.1, 0.15) is 76.2 Å². The van der Waals surface area contributed by atoms with Gasteiger partial charge >= 0.3 is 5.97 Å². The van der Waals surface area contributed by atoms with Crippen molar-refractivity contribution in [2.75, 3.05) is 13.2 Å². The van der Waals surface area contributed by atoms with Crippen LogP contribution in [0.25, 0.3) is 10.1 Å². The second kappa shape index (κ2) is 13.8. The Morgan fingerprint density at radius 3 is 2.48 bits per heavy atom. The molecule has 1 aromatic carbocycles. The Labute approximate surface area is 190 Å². The monoisotopic (exact) mass is 450 g/mol. The first-order valence-electron chi connectivity index (χ1n) is 11.6. The molecule has 31 heavy (non-hydrogen) atoms. The van der Waals surface area contributed by atoms with Crippen molar-refractivity contribution >= 4 is 27.4 Å². The van der Waals surface area contributed by atoms with Gasteiger partial charge < -0.3 is 20.1 Å². The third-order valence-corrected chi connectivity index (χ3v) is 7.23. The first kappa shape index (κ1) is 25.8. The number of ether oxygens (including phenoxy) is 1. The average Bonchev–Trinajstić information content (AvgIpc) is 3.19. The van der Waals surface area contributed by atoms with E-state index in [-0.39, 0.29) is 24.4 Å². The number of aliphatic hydroxyl groups is 3. The van der Waals surface area contributed by atoms with Gasteiger partial charge in [-0.2, -0.15) is 0 Å². The fourth-order valence-corrected chi connectivity index (χ4v) is 5.31. The van der Waals surface area contributed by atoms with E-state index in [4.69, 9.17) is 4.74 Å². The highest BCUT2D eigenvalue weighted by Crippen LogP contribution is 2.34. The maximum Gasteiger partial charge on any atom is 0.305 e. The van der Waals surface area contributed by atoms with Crippen molar-refractivity contribution in [3.63, 3.8) is 0 Å². The fraction of sp³-hybridized carbons (Fsp3) is 0.640. The Morgan fingerprint density at radius 2 is 1.81 bits per heavy atom. The molecule has 0 aliphatic heterocycles. The number of esters is 1. The van der Waals surface area contributed by atoms with E-state index in [1.54, 1.807) is 18.3 Å². The van der Waals surface area contributed by atoms with Crippen LogP contribution >= 0.6 is 11.3 Å². The van der Waals surface area contributed by atoms with Crippen molar-refractivity contribution in [2.45, 2.75) is 77.4 Å². The summed E-state index contributed by atoms with van der Waals surface area (Å²) in [6.45, 7) is 4.04. The summed E-state index contributed by atoms with van der Waals surface area (Å²) in [7, 11) is 0. The van der Waals surface area contributed by atoms with Crippen LogP contribution in [-0.2, 0) is 9.53 Å². The lowest BCUT2D eigenvalue weighted by Gasteiger charge is -2.29. The summed E-state index contributed by atoms with van der Waals surface area (Å²) < 4.78 is 6.11. The average molecular weight is 451 g/mol. The molecule has 0 aliphatic rings. The van der Waals surface area contributed by atoms with Crippen molar-refractivity contribution in [1.29, 1.82) is 0 Å². The van der Waals surface area contributed by atoms with Gasteiger partial charge in [0.25, 0.3) is 0 Å². The Bertz CT molecular complexity index is 739. The van der Waals surface area contributed by atoms with Gasteiger partial charge in [-0.15, -0.1) is 11.3 Å². The van der Waals surface area contributed by atoms with E-state index in [0.717, 1.165) is 42.4 Å². The van der Waals surface area contributed by atoms with Gasteiger partial charge in [0.1, 0.15) is 0 Å². The lowest BCUT2D eigenvalue weighted by atomic mass is 9.81. The van der Waals surface area contributed by atoms with Crippen molar-refractivity contribution in [3.05, 3.63) is 35.2 Å². The minimum Gasteiger partial charge on any atom is -0.466 e. The summed E-state index contributed by atoms with van der Waals surface area (Å²) in [6, 6.07) is 10.1. The number of fused-ring (bicyclic) bond motifs is 1. The molecule has 1 heterocycles. The number of rotatable bonds is 15. The van der Waals surface area contributed by atoms with E-state index in [2.05, 4.69) is 12.1 Å². The van der Waals surface area contributed by atoms with E-state index in [9.17, 15) is 20.1 Å². The molecule has 0 radical (unpaired) electrons. The normalized spacial score (nSPS) is 15.5. The molecule has 4 atom stereocenters. The van der Waals surface area contributed by atoms with Gasteiger partial charge in [-0.3, -0.25) is 4.79 Å². The molecule has 3 N–H and O–H groups in total. The molecule has 6 heteroatoms. The number of carbonyl (C=O) groups excluding carboxylic acids is 1. The number of carbonyl (C=O) groups is 1. The van der Waals surface area contributed by atoms with Crippen molar-refractivity contribution in [3.8, 4) is 0 Å². The second-order valence-electron chi connectivity index (χ2n) is 8.38. The minimum atomic E-state index is -0.552. The number of hydrogen-bond acceptors (Lipinski definition) is 6. The molecule has 0 bridgehead atoms. The van der Waals surface area contributed by atoms with E-state index in [1.807, 2.05) is 25.1 Å². The first-order chi connectivity index (χ1) is 15.0. The topological polar surface area (TPSA) is 87.0 Å². The van der Waals surface area contributed by atoms with E-state index < -0.39 is 12.2 Å². The lowest BCUT2D eigenvalue weighted by molar-refractivity contribution is -0.143. The van der Waals surface area contributed by atoms with Gasteiger partial charge in [0.15, 0.2) is 0 Å². The smallest absolute Gasteiger partial charge is 0.305 e. The van der Waals surface area contributed by atoms with Crippen LogP contribution in [0, 0.1) is 11.8 Å². The Kier molecular flexibility index (Phi) is 11.5. The van der Waals surface area contributed by atoms with Gasteiger partial charge in [-0.1, -0.05) is 37.5 Å². The maximum absolute atomic E-state index is 11.4. The van der Waals surface area contributed by atoms with E-state index >= 15 is 0 Å². The molecular weight excluding hydrogens is 412 g/mol. The molecule has 2 rings (SSSR count). The summed E-state index contributed by atoms with van der Waals surface area (Å²) in [6.07, 6.45) is 5.21. The molecule has 4 unspecified atom stereocenters. The molecule has 0 fully saturated rings. The predicted molar refractivity (Wildman–Crippen MR) is 126 cm³/mol. The third-order valence-electron chi connectivity index (χ3n) is 6.02. The highest BCUT2D eigenvalue weighted by atomic mass is 32.1. The molecule has 174 valence electrons. The first-order valence-corrected chi connectivity index (χ1v) is 12.4. The fourth-order valence-electron chi connectivity index (χ4n) is 4.23. The van der Waals surface area contributed by atoms with E-state index in [0.29, 0.717) is 25.9 Å². The molecular formula is C25H38O5S. The standard InChI is InChI=1S/C25H38O5S/c1-3-30-25(29)13-7-5-4-6-11-21(18(2)27)20(17-26)14-15-22(28)24-16-19-10-8-9-12-23(19)31-24/h8-10,12,16,18,20-22,26-28H,3-7,11,13-15,17H2,1-2H3. The number of thiophene rings is 1. The summed E-state index contributed by atoms with van der Waals surface area (Å²) in [5.74, 6) is -0.171. The summed E-state index contributed by atoms with van der Waals surface area (Å²) >= 11 is 1.61. The minimum absolute atomic E-state index is 0.00432. The molecule has 0 aliphatic carbocycles. The molecule has 2 aromatic rings. The quantitative estimate of drug-likeness (QED) is 0.256. The van der Waals surface area contributed by atoms with Gasteiger partial charge in [-0.25, -0.2) is 0 Å². The number of unbranched alkanes of at least 4 members (excludes halogenated alkanes) is 3. The van der Waals surface area contributed by atoms with Crippen LogP contribution in [-0.4, -0.2) is 40.6 Å². The van der Waals surface area contributed by atoms with Crippen LogP contribution in [0.3, 0.4) is 0 Å². The highest BCUT2D eigenvalue weighted by molar-refractivity contribution is 7.19. The molecule has 0 spiro atoms. The van der Waals surface area contributed by atoms with Gasteiger partial charge in [0.05, 0.1) is 18.8 Å². The van der Waals surface area contributed by atoms with Crippen molar-refractivity contribution in [1.82, 2.24) is 0 Å². The Hall–Kier alpha value is -1.47. The van der Waals surface area contributed by atoms with Gasteiger partial charge in [0.2, 0.25) is 0 Å². The second-order valence-corrected chi connectivity index (χ2v) is 9.50. The molecule has 0 saturated heterocycles. The van der Waals surface area contributed by atoms with Crippen molar-refractivity contribution in [2.24, 2.45) is 11.8 Å².